The highest BCUT2D eigenvalue weighted by atomic mass is 19.4. The molecule has 1 aromatic carbocycles. The van der Waals surface area contributed by atoms with Crippen molar-refractivity contribution >= 4 is 34.6 Å². The fourth-order valence-electron chi connectivity index (χ4n) is 4.87. The first-order valence-corrected chi connectivity index (χ1v) is 12.8. The third-order valence-electron chi connectivity index (χ3n) is 7.04. The Morgan fingerprint density at radius 3 is 2.55 bits per heavy atom. The maximum absolute atomic E-state index is 13.9. The van der Waals surface area contributed by atoms with Crippen LogP contribution in [0.4, 0.5) is 19.0 Å². The van der Waals surface area contributed by atoms with Gasteiger partial charge >= 0.3 is 12.1 Å². The molecule has 2 N–H and O–H groups in total. The summed E-state index contributed by atoms with van der Waals surface area (Å²) in [6, 6.07) is 8.79. The van der Waals surface area contributed by atoms with Crippen LogP contribution in [0.2, 0.25) is 0 Å². The van der Waals surface area contributed by atoms with Gasteiger partial charge in [0.2, 0.25) is 0 Å². The number of alkyl halides is 3. The van der Waals surface area contributed by atoms with Crippen LogP contribution in [0.3, 0.4) is 0 Å². The largest absolute Gasteiger partial charge is 0.490 e. The number of amides is 2. The molecule has 4 heterocycles. The molecule has 0 bridgehead atoms. The number of likely N-dealkylation sites (N-methyl/N-ethyl adjacent to an activating group) is 1. The molecule has 5 rings (SSSR count). The SMILES string of the molecule is CCn1c(-c2nonc2N)nc2c(-c3ccccc3)ncc(C(=O)N3CCC(N(C)C(=O)COC(=O)C(F)(F)F)C3)c21. The summed E-state index contributed by atoms with van der Waals surface area (Å²) in [6.45, 7) is 1.54. The van der Waals surface area contributed by atoms with Crippen LogP contribution in [-0.2, 0) is 20.9 Å². The third kappa shape index (κ3) is 5.22. The molecule has 4 aromatic rings. The number of nitrogens with zero attached hydrogens (tertiary/aromatic N) is 7. The average Bonchev–Trinajstić information content (AvgIpc) is 3.72. The molecule has 16 heteroatoms. The Morgan fingerprint density at radius 2 is 1.90 bits per heavy atom. The van der Waals surface area contributed by atoms with Crippen molar-refractivity contribution in [3.8, 4) is 22.8 Å². The molecule has 0 radical (unpaired) electrons. The lowest BCUT2D eigenvalue weighted by molar-refractivity contribution is -0.200. The van der Waals surface area contributed by atoms with E-state index in [1.807, 2.05) is 37.3 Å². The lowest BCUT2D eigenvalue weighted by atomic mass is 10.1. The predicted molar refractivity (Wildman–Crippen MR) is 140 cm³/mol. The molecular formula is C26H25F3N8O5. The van der Waals surface area contributed by atoms with Gasteiger partial charge in [-0.1, -0.05) is 30.3 Å². The molecular weight excluding hydrogens is 561 g/mol. The molecule has 1 fully saturated rings. The van der Waals surface area contributed by atoms with Crippen LogP contribution in [0, 0.1) is 0 Å². The molecule has 0 aliphatic carbocycles. The maximum atomic E-state index is 13.9. The summed E-state index contributed by atoms with van der Waals surface area (Å²) in [5.74, 6) is -3.29. The Morgan fingerprint density at radius 1 is 1.17 bits per heavy atom. The van der Waals surface area contributed by atoms with Gasteiger partial charge < -0.3 is 24.8 Å². The van der Waals surface area contributed by atoms with Crippen molar-refractivity contribution in [2.24, 2.45) is 0 Å². The van der Waals surface area contributed by atoms with Crippen molar-refractivity contribution in [3.05, 3.63) is 42.1 Å². The summed E-state index contributed by atoms with van der Waals surface area (Å²) >= 11 is 0. The number of aromatic nitrogens is 5. The van der Waals surface area contributed by atoms with Gasteiger partial charge in [-0.15, -0.1) is 0 Å². The minimum atomic E-state index is -5.20. The molecule has 220 valence electrons. The molecule has 1 atom stereocenters. The van der Waals surface area contributed by atoms with Crippen molar-refractivity contribution in [1.82, 2.24) is 34.6 Å². The van der Waals surface area contributed by atoms with E-state index in [4.69, 9.17) is 15.3 Å². The Kier molecular flexibility index (Phi) is 7.53. The van der Waals surface area contributed by atoms with E-state index in [1.165, 1.54) is 23.0 Å². The number of ether oxygens (including phenoxy) is 1. The number of likely N-dealkylation sites (tertiary alicyclic amines) is 1. The number of pyridine rings is 1. The summed E-state index contributed by atoms with van der Waals surface area (Å²) in [6.07, 6.45) is -3.38. The topological polar surface area (TPSA) is 163 Å². The quantitative estimate of drug-likeness (QED) is 0.319. The van der Waals surface area contributed by atoms with E-state index in [-0.39, 0.29) is 36.1 Å². The first kappa shape index (κ1) is 28.5. The molecule has 1 saturated heterocycles. The monoisotopic (exact) mass is 586 g/mol. The summed E-state index contributed by atoms with van der Waals surface area (Å²) in [5.41, 5.74) is 8.64. The van der Waals surface area contributed by atoms with Crippen molar-refractivity contribution in [2.75, 3.05) is 32.5 Å². The van der Waals surface area contributed by atoms with E-state index in [1.54, 1.807) is 4.57 Å². The number of nitrogen functional groups attached to an aromatic ring is 1. The molecule has 1 aliphatic rings. The van der Waals surface area contributed by atoms with Gasteiger partial charge in [0, 0.05) is 38.4 Å². The molecule has 42 heavy (non-hydrogen) atoms. The van der Waals surface area contributed by atoms with Gasteiger partial charge in [-0.3, -0.25) is 14.6 Å². The summed E-state index contributed by atoms with van der Waals surface area (Å²) < 4.78 is 47.9. The van der Waals surface area contributed by atoms with Crippen LogP contribution >= 0.6 is 0 Å². The average molecular weight is 587 g/mol. The van der Waals surface area contributed by atoms with E-state index in [0.717, 1.165) is 5.56 Å². The van der Waals surface area contributed by atoms with Crippen LogP contribution in [0.5, 0.6) is 0 Å². The Balaban J connectivity index is 1.46. The third-order valence-corrected chi connectivity index (χ3v) is 7.04. The lowest BCUT2D eigenvalue weighted by Crippen LogP contribution is -2.42. The molecule has 13 nitrogen and oxygen atoms in total. The fourth-order valence-corrected chi connectivity index (χ4v) is 4.87. The minimum absolute atomic E-state index is 0.0260. The smallest absolute Gasteiger partial charge is 0.449 e. The van der Waals surface area contributed by atoms with Crippen LogP contribution in [0.15, 0.2) is 41.2 Å². The summed E-state index contributed by atoms with van der Waals surface area (Å²) in [4.78, 5) is 49.3. The second-order valence-electron chi connectivity index (χ2n) is 9.53. The van der Waals surface area contributed by atoms with Crippen molar-refractivity contribution in [1.29, 1.82) is 0 Å². The van der Waals surface area contributed by atoms with Gasteiger partial charge in [0.05, 0.1) is 22.8 Å². The number of fused-ring (bicyclic) bond motifs is 1. The first-order chi connectivity index (χ1) is 20.0. The predicted octanol–water partition coefficient (Wildman–Crippen LogP) is 2.53. The van der Waals surface area contributed by atoms with Crippen LogP contribution < -0.4 is 5.73 Å². The number of carbonyl (C=O) groups excluding carboxylic acids is 3. The first-order valence-electron chi connectivity index (χ1n) is 12.8. The fraction of sp³-hybridized carbons (Fsp3) is 0.346. The summed E-state index contributed by atoms with van der Waals surface area (Å²) in [5, 5.41) is 7.53. The number of aryl methyl sites for hydroxylation is 1. The highest BCUT2D eigenvalue weighted by Gasteiger charge is 2.42. The van der Waals surface area contributed by atoms with Crippen LogP contribution in [-0.4, -0.2) is 91.4 Å². The molecule has 1 unspecified atom stereocenters. The van der Waals surface area contributed by atoms with Gasteiger partial charge in [-0.05, 0) is 23.7 Å². The zero-order valence-corrected chi connectivity index (χ0v) is 22.5. The number of imidazole rings is 1. The Hall–Kier alpha value is -5.02. The van der Waals surface area contributed by atoms with Crippen LogP contribution in [0.1, 0.15) is 23.7 Å². The normalized spacial score (nSPS) is 15.3. The molecule has 3 aromatic heterocycles. The van der Waals surface area contributed by atoms with Crippen molar-refractivity contribution < 1.29 is 36.9 Å². The molecule has 2 amide bonds. The van der Waals surface area contributed by atoms with E-state index in [0.29, 0.717) is 35.5 Å². The number of hydrogen-bond acceptors (Lipinski definition) is 10. The lowest BCUT2D eigenvalue weighted by Gasteiger charge is -2.25. The standard InChI is InChI=1S/C26H25F3N8O5/c1-3-37-21-16(24(39)36-10-9-15(12-36)35(2)17(38)13-41-25(40)26(27,28)29)11-31-18(14-7-5-4-6-8-14)19(21)32-23(37)20-22(30)34-42-33-20/h4-8,11,15H,3,9-10,12-13H2,1-2H3,(H2,30,34). The Labute approximate surface area is 236 Å². The number of halogens is 3. The molecule has 1 aliphatic heterocycles. The summed E-state index contributed by atoms with van der Waals surface area (Å²) in [7, 11) is 1.38. The van der Waals surface area contributed by atoms with Crippen molar-refractivity contribution in [2.45, 2.75) is 32.1 Å². The zero-order chi connectivity index (χ0) is 30.2. The molecule has 0 spiro atoms. The van der Waals surface area contributed by atoms with E-state index in [9.17, 15) is 27.6 Å². The number of hydrogen-bond donors (Lipinski definition) is 1. The number of esters is 1. The maximum Gasteiger partial charge on any atom is 0.490 e. The number of benzene rings is 1. The van der Waals surface area contributed by atoms with Gasteiger partial charge in [0.1, 0.15) is 5.52 Å². The van der Waals surface area contributed by atoms with Crippen LogP contribution in [0.25, 0.3) is 33.8 Å². The Bertz CT molecular complexity index is 1650. The number of carbonyl (C=O) groups is 3. The number of anilines is 1. The minimum Gasteiger partial charge on any atom is -0.449 e. The van der Waals surface area contributed by atoms with E-state index >= 15 is 0 Å². The number of nitrogens with two attached hydrogens (primary N) is 1. The van der Waals surface area contributed by atoms with E-state index in [2.05, 4.69) is 20.0 Å². The number of rotatable bonds is 7. The molecule has 0 saturated carbocycles. The van der Waals surface area contributed by atoms with E-state index < -0.39 is 30.7 Å². The van der Waals surface area contributed by atoms with Gasteiger partial charge in [-0.2, -0.15) is 13.2 Å². The zero-order valence-electron chi connectivity index (χ0n) is 22.5. The van der Waals surface area contributed by atoms with Gasteiger partial charge in [0.15, 0.2) is 23.9 Å². The van der Waals surface area contributed by atoms with Gasteiger partial charge in [0.25, 0.3) is 11.8 Å². The van der Waals surface area contributed by atoms with Gasteiger partial charge in [-0.25, -0.2) is 14.4 Å². The second-order valence-corrected chi connectivity index (χ2v) is 9.53. The highest BCUT2D eigenvalue weighted by Crippen LogP contribution is 2.34. The van der Waals surface area contributed by atoms with Crippen molar-refractivity contribution in [3.63, 3.8) is 0 Å². The highest BCUT2D eigenvalue weighted by molar-refractivity contribution is 6.08. The second kappa shape index (κ2) is 11.1.